The number of benzene rings is 2. The van der Waals surface area contributed by atoms with E-state index in [1.165, 1.54) is 12.1 Å². The summed E-state index contributed by atoms with van der Waals surface area (Å²) in [4.78, 5) is 11.8. The Morgan fingerprint density at radius 2 is 1.95 bits per heavy atom. The first-order chi connectivity index (χ1) is 9.08. The van der Waals surface area contributed by atoms with Gasteiger partial charge in [0, 0.05) is 4.47 Å². The van der Waals surface area contributed by atoms with Crippen LogP contribution in [0.1, 0.15) is 21.5 Å². The summed E-state index contributed by atoms with van der Waals surface area (Å²) in [5.74, 6) is -1.24. The Labute approximate surface area is 119 Å². The predicted molar refractivity (Wildman–Crippen MR) is 74.4 cm³/mol. The zero-order valence-corrected chi connectivity index (χ0v) is 11.9. The van der Waals surface area contributed by atoms with Gasteiger partial charge < -0.3 is 4.74 Å². The van der Waals surface area contributed by atoms with Gasteiger partial charge in [-0.05, 0) is 30.2 Å². The Morgan fingerprint density at radius 1 is 1.26 bits per heavy atom. The topological polar surface area (TPSA) is 26.3 Å². The van der Waals surface area contributed by atoms with Crippen LogP contribution in [-0.2, 0) is 11.3 Å². The van der Waals surface area contributed by atoms with Crippen molar-refractivity contribution in [3.05, 3.63) is 69.4 Å². The number of hydrogen-bond donors (Lipinski definition) is 0. The average Bonchev–Trinajstić information content (AvgIpc) is 2.41. The van der Waals surface area contributed by atoms with Crippen molar-refractivity contribution in [1.82, 2.24) is 0 Å². The van der Waals surface area contributed by atoms with E-state index in [1.54, 1.807) is 6.92 Å². The Morgan fingerprint density at radius 3 is 2.63 bits per heavy atom. The second-order valence-corrected chi connectivity index (χ2v) is 5.00. The molecule has 0 radical (unpaired) electrons. The first kappa shape index (κ1) is 13.7. The molecule has 2 nitrogen and oxygen atoms in total. The molecule has 0 fully saturated rings. The largest absolute Gasteiger partial charge is 0.457 e. The van der Waals surface area contributed by atoms with Crippen LogP contribution in [0.25, 0.3) is 0 Å². The number of rotatable bonds is 3. The normalized spacial score (nSPS) is 10.3. The lowest BCUT2D eigenvalue weighted by Crippen LogP contribution is -2.08. The number of ether oxygens (including phenoxy) is 1. The van der Waals surface area contributed by atoms with Crippen molar-refractivity contribution in [2.24, 2.45) is 0 Å². The molecule has 98 valence electrons. The predicted octanol–water partition coefficient (Wildman–Crippen LogP) is 4.25. The van der Waals surface area contributed by atoms with Gasteiger partial charge in [0.2, 0.25) is 0 Å². The minimum atomic E-state index is -0.665. The molecule has 0 aliphatic rings. The fourth-order valence-electron chi connectivity index (χ4n) is 1.60. The van der Waals surface area contributed by atoms with E-state index in [4.69, 9.17) is 4.74 Å². The molecule has 19 heavy (non-hydrogen) atoms. The Kier molecular flexibility index (Phi) is 4.32. The maximum absolute atomic E-state index is 13.7. The van der Waals surface area contributed by atoms with Gasteiger partial charge in [-0.25, -0.2) is 9.18 Å². The van der Waals surface area contributed by atoms with Crippen molar-refractivity contribution in [1.29, 1.82) is 0 Å². The van der Waals surface area contributed by atoms with Crippen LogP contribution in [-0.4, -0.2) is 5.97 Å². The average molecular weight is 323 g/mol. The molecule has 4 heteroatoms. The highest BCUT2D eigenvalue weighted by atomic mass is 79.9. The van der Waals surface area contributed by atoms with Crippen LogP contribution in [0.3, 0.4) is 0 Å². The summed E-state index contributed by atoms with van der Waals surface area (Å²) in [6, 6.07) is 12.0. The summed E-state index contributed by atoms with van der Waals surface area (Å²) < 4.78 is 19.5. The molecule has 0 amide bonds. The standard InChI is InChI=1S/C15H12BrFO2/c1-10-7-14(17)12(8-13(10)16)15(18)19-9-11-5-3-2-4-6-11/h2-8H,9H2,1H3. The summed E-state index contributed by atoms with van der Waals surface area (Å²) in [6.07, 6.45) is 0. The van der Waals surface area contributed by atoms with Crippen molar-refractivity contribution in [3.63, 3.8) is 0 Å². The van der Waals surface area contributed by atoms with Crippen LogP contribution in [0.15, 0.2) is 46.9 Å². The second kappa shape index (κ2) is 5.97. The lowest BCUT2D eigenvalue weighted by molar-refractivity contribution is 0.0467. The molecule has 2 aromatic carbocycles. The van der Waals surface area contributed by atoms with E-state index in [0.29, 0.717) is 4.47 Å². The molecule has 0 unspecified atom stereocenters. The maximum atomic E-state index is 13.7. The zero-order valence-electron chi connectivity index (χ0n) is 10.3. The molecule has 0 spiro atoms. The van der Waals surface area contributed by atoms with Crippen molar-refractivity contribution < 1.29 is 13.9 Å². The fourth-order valence-corrected chi connectivity index (χ4v) is 1.95. The second-order valence-electron chi connectivity index (χ2n) is 4.14. The van der Waals surface area contributed by atoms with Crippen molar-refractivity contribution >= 4 is 21.9 Å². The monoisotopic (exact) mass is 322 g/mol. The molecule has 0 aliphatic carbocycles. The van der Waals surface area contributed by atoms with Crippen LogP contribution >= 0.6 is 15.9 Å². The van der Waals surface area contributed by atoms with E-state index in [2.05, 4.69) is 15.9 Å². The van der Waals surface area contributed by atoms with Gasteiger partial charge in [0.15, 0.2) is 0 Å². The Balaban J connectivity index is 2.10. The van der Waals surface area contributed by atoms with Crippen LogP contribution in [0.4, 0.5) is 4.39 Å². The first-order valence-electron chi connectivity index (χ1n) is 5.74. The highest BCUT2D eigenvalue weighted by Gasteiger charge is 2.15. The Bertz CT molecular complexity index is 597. The third-order valence-electron chi connectivity index (χ3n) is 2.68. The third-order valence-corrected chi connectivity index (χ3v) is 3.54. The number of hydrogen-bond acceptors (Lipinski definition) is 2. The van der Waals surface area contributed by atoms with E-state index in [1.807, 2.05) is 30.3 Å². The number of aryl methyl sites for hydroxylation is 1. The molecule has 0 saturated carbocycles. The van der Waals surface area contributed by atoms with E-state index < -0.39 is 11.8 Å². The van der Waals surface area contributed by atoms with E-state index >= 15 is 0 Å². The van der Waals surface area contributed by atoms with Gasteiger partial charge in [0.1, 0.15) is 12.4 Å². The number of carbonyl (C=O) groups is 1. The summed E-state index contributed by atoms with van der Waals surface area (Å²) in [5, 5.41) is 0. The maximum Gasteiger partial charge on any atom is 0.341 e. The van der Waals surface area contributed by atoms with Crippen molar-refractivity contribution in [2.75, 3.05) is 0 Å². The summed E-state index contributed by atoms with van der Waals surface area (Å²) in [6.45, 7) is 1.89. The Hall–Kier alpha value is -1.68. The molecular weight excluding hydrogens is 311 g/mol. The molecule has 0 saturated heterocycles. The number of halogens is 2. The fraction of sp³-hybridized carbons (Fsp3) is 0.133. The molecular formula is C15H12BrFO2. The molecule has 0 heterocycles. The minimum absolute atomic E-state index is 0.0617. The molecule has 0 aliphatic heterocycles. The molecule has 2 aromatic rings. The smallest absolute Gasteiger partial charge is 0.341 e. The molecule has 0 atom stereocenters. The first-order valence-corrected chi connectivity index (χ1v) is 6.54. The van der Waals surface area contributed by atoms with E-state index in [9.17, 15) is 9.18 Å². The quantitative estimate of drug-likeness (QED) is 0.789. The van der Waals surface area contributed by atoms with Gasteiger partial charge in [-0.3, -0.25) is 0 Å². The van der Waals surface area contributed by atoms with Crippen molar-refractivity contribution in [2.45, 2.75) is 13.5 Å². The highest BCUT2D eigenvalue weighted by Crippen LogP contribution is 2.21. The molecule has 2 rings (SSSR count). The van der Waals surface area contributed by atoms with Gasteiger partial charge in [0.05, 0.1) is 5.56 Å². The summed E-state index contributed by atoms with van der Waals surface area (Å²) in [5.41, 5.74) is 1.54. The minimum Gasteiger partial charge on any atom is -0.457 e. The lowest BCUT2D eigenvalue weighted by Gasteiger charge is -2.07. The van der Waals surface area contributed by atoms with Gasteiger partial charge in [-0.15, -0.1) is 0 Å². The van der Waals surface area contributed by atoms with Gasteiger partial charge in [0.25, 0.3) is 0 Å². The summed E-state index contributed by atoms with van der Waals surface area (Å²) >= 11 is 3.27. The summed E-state index contributed by atoms with van der Waals surface area (Å²) in [7, 11) is 0. The van der Waals surface area contributed by atoms with Gasteiger partial charge in [-0.1, -0.05) is 46.3 Å². The lowest BCUT2D eigenvalue weighted by atomic mass is 10.1. The van der Waals surface area contributed by atoms with E-state index in [0.717, 1.165) is 11.1 Å². The van der Waals surface area contributed by atoms with E-state index in [-0.39, 0.29) is 12.2 Å². The molecule has 0 aromatic heterocycles. The van der Waals surface area contributed by atoms with Crippen LogP contribution in [0.5, 0.6) is 0 Å². The zero-order chi connectivity index (χ0) is 13.8. The van der Waals surface area contributed by atoms with Crippen LogP contribution < -0.4 is 0 Å². The van der Waals surface area contributed by atoms with Crippen LogP contribution in [0, 0.1) is 12.7 Å². The number of carbonyl (C=O) groups excluding carboxylic acids is 1. The highest BCUT2D eigenvalue weighted by molar-refractivity contribution is 9.10. The number of esters is 1. The molecule has 0 N–H and O–H groups in total. The SMILES string of the molecule is Cc1cc(F)c(C(=O)OCc2ccccc2)cc1Br. The van der Waals surface area contributed by atoms with Gasteiger partial charge in [-0.2, -0.15) is 0 Å². The van der Waals surface area contributed by atoms with Crippen molar-refractivity contribution in [3.8, 4) is 0 Å². The molecule has 0 bridgehead atoms. The van der Waals surface area contributed by atoms with Gasteiger partial charge >= 0.3 is 5.97 Å². The van der Waals surface area contributed by atoms with Crippen LogP contribution in [0.2, 0.25) is 0 Å². The third kappa shape index (κ3) is 3.41.